The van der Waals surface area contributed by atoms with Gasteiger partial charge in [-0.3, -0.25) is 0 Å². The predicted octanol–water partition coefficient (Wildman–Crippen LogP) is 3.84. The van der Waals surface area contributed by atoms with Crippen molar-refractivity contribution in [2.45, 2.75) is 76.5 Å². The number of carbonyl (C=O) groups excluding carboxylic acids is 1. The van der Waals surface area contributed by atoms with E-state index < -0.39 is 11.9 Å². The second-order valence-corrected chi connectivity index (χ2v) is 8.32. The number of esters is 1. The highest BCUT2D eigenvalue weighted by Gasteiger charge is 2.50. The van der Waals surface area contributed by atoms with Gasteiger partial charge in [-0.05, 0) is 31.4 Å². The smallest absolute Gasteiger partial charge is 0.338 e. The Morgan fingerprint density at radius 2 is 2.04 bits per heavy atom. The van der Waals surface area contributed by atoms with Crippen molar-refractivity contribution in [2.75, 3.05) is 0 Å². The van der Waals surface area contributed by atoms with Gasteiger partial charge >= 0.3 is 5.97 Å². The van der Waals surface area contributed by atoms with E-state index in [0.29, 0.717) is 24.8 Å². The summed E-state index contributed by atoms with van der Waals surface area (Å²) in [4.78, 5) is 12.5. The van der Waals surface area contributed by atoms with Crippen molar-refractivity contribution in [3.05, 3.63) is 48.0 Å². The van der Waals surface area contributed by atoms with Crippen molar-refractivity contribution in [2.24, 2.45) is 11.8 Å². The van der Waals surface area contributed by atoms with E-state index in [9.17, 15) is 15.0 Å². The molecule has 2 N–H and O–H groups in total. The number of carbonyl (C=O) groups is 1. The summed E-state index contributed by atoms with van der Waals surface area (Å²) in [6.07, 6.45) is 7.57. The van der Waals surface area contributed by atoms with Crippen molar-refractivity contribution in [3.8, 4) is 0 Å². The normalized spacial score (nSPS) is 31.6. The number of aliphatic hydroxyl groups is 2. The molecular formula is C23H32O5. The molecule has 154 valence electrons. The summed E-state index contributed by atoms with van der Waals surface area (Å²) in [5, 5.41) is 20.5. The maximum atomic E-state index is 12.5. The predicted molar refractivity (Wildman–Crippen MR) is 107 cm³/mol. The second-order valence-electron chi connectivity index (χ2n) is 8.32. The van der Waals surface area contributed by atoms with Gasteiger partial charge in [-0.1, -0.05) is 56.5 Å². The average molecular weight is 389 g/mol. The lowest BCUT2D eigenvalue weighted by molar-refractivity contribution is -0.0955. The number of aliphatic hydroxyl groups excluding tert-OH is 1. The van der Waals surface area contributed by atoms with Crippen molar-refractivity contribution in [3.63, 3.8) is 0 Å². The number of unbranched alkanes of at least 4 members (excludes halogenated alkanes) is 2. The molecule has 28 heavy (non-hydrogen) atoms. The van der Waals surface area contributed by atoms with E-state index in [2.05, 4.69) is 6.92 Å². The van der Waals surface area contributed by atoms with Crippen LogP contribution < -0.4 is 0 Å². The van der Waals surface area contributed by atoms with Crippen molar-refractivity contribution >= 4 is 5.97 Å². The van der Waals surface area contributed by atoms with Crippen molar-refractivity contribution < 1.29 is 24.5 Å². The van der Waals surface area contributed by atoms with Crippen LogP contribution in [0.25, 0.3) is 0 Å². The molecule has 6 atom stereocenters. The molecule has 0 amide bonds. The number of fused-ring (bicyclic) bond motifs is 1. The average Bonchev–Trinajstić information content (AvgIpc) is 3.16. The molecule has 1 aliphatic carbocycles. The van der Waals surface area contributed by atoms with Gasteiger partial charge in [0.15, 0.2) is 6.29 Å². The molecule has 3 unspecified atom stereocenters. The standard InChI is InChI=1S/C23H32O5/c1-3-4-8-12-23(2,26)13-11-17-18-14-21(24)27-20(18)15-19(17)28-22(25)16-9-6-5-7-10-16/h5-7,9-11,13,17-21,24,26H,3-4,8,12,14-15H2,1-2H3/b13-11+/t17-,18?,19-,20+,21?,23?/m1/s1. The van der Waals surface area contributed by atoms with Gasteiger partial charge in [0, 0.05) is 18.8 Å². The highest BCUT2D eigenvalue weighted by atomic mass is 16.6. The summed E-state index contributed by atoms with van der Waals surface area (Å²) < 4.78 is 11.4. The van der Waals surface area contributed by atoms with Crippen molar-refractivity contribution in [1.82, 2.24) is 0 Å². The van der Waals surface area contributed by atoms with Crippen LogP contribution in [0.1, 0.15) is 62.7 Å². The van der Waals surface area contributed by atoms with E-state index in [1.54, 1.807) is 12.1 Å². The topological polar surface area (TPSA) is 76.0 Å². The molecule has 0 radical (unpaired) electrons. The van der Waals surface area contributed by atoms with E-state index in [1.165, 1.54) is 0 Å². The Kier molecular flexibility index (Phi) is 6.91. The molecule has 0 aromatic heterocycles. The Bertz CT molecular complexity index is 669. The fraction of sp³-hybridized carbons (Fsp3) is 0.609. The first kappa shape index (κ1) is 21.0. The van der Waals surface area contributed by atoms with Gasteiger partial charge in [0.25, 0.3) is 0 Å². The van der Waals surface area contributed by atoms with Crippen LogP contribution in [-0.2, 0) is 9.47 Å². The summed E-state index contributed by atoms with van der Waals surface area (Å²) in [5.41, 5.74) is -0.367. The summed E-state index contributed by atoms with van der Waals surface area (Å²) in [6, 6.07) is 8.95. The number of ether oxygens (including phenoxy) is 2. The minimum atomic E-state index is -0.890. The first-order valence-electron chi connectivity index (χ1n) is 10.4. The van der Waals surface area contributed by atoms with Crippen LogP contribution in [0.3, 0.4) is 0 Å². The number of hydrogen-bond donors (Lipinski definition) is 2. The third-order valence-electron chi connectivity index (χ3n) is 5.90. The monoisotopic (exact) mass is 388 g/mol. The molecule has 1 aliphatic heterocycles. The largest absolute Gasteiger partial charge is 0.458 e. The van der Waals surface area contributed by atoms with Gasteiger partial charge < -0.3 is 19.7 Å². The van der Waals surface area contributed by atoms with E-state index >= 15 is 0 Å². The quantitative estimate of drug-likeness (QED) is 0.402. The van der Waals surface area contributed by atoms with Crippen LogP contribution in [0.5, 0.6) is 0 Å². The van der Waals surface area contributed by atoms with E-state index in [0.717, 1.165) is 19.3 Å². The SMILES string of the molecule is CCCCCC(C)(O)/C=C/[C@@H]1C2CC(O)O[C@H]2C[C@H]1OC(=O)c1ccccc1. The number of hydrogen-bond acceptors (Lipinski definition) is 5. The fourth-order valence-corrected chi connectivity index (χ4v) is 4.35. The van der Waals surface area contributed by atoms with Crippen LogP contribution in [0.4, 0.5) is 0 Å². The Labute approximate surface area is 167 Å². The van der Waals surface area contributed by atoms with Crippen LogP contribution in [0.2, 0.25) is 0 Å². The first-order valence-corrected chi connectivity index (χ1v) is 10.4. The lowest BCUT2D eigenvalue weighted by Gasteiger charge is -2.24. The highest BCUT2D eigenvalue weighted by Crippen LogP contribution is 2.45. The molecule has 1 aromatic rings. The minimum absolute atomic E-state index is 0.0764. The van der Waals surface area contributed by atoms with Gasteiger partial charge in [0.2, 0.25) is 0 Å². The van der Waals surface area contributed by atoms with E-state index in [1.807, 2.05) is 37.3 Å². The third kappa shape index (κ3) is 5.22. The molecule has 1 saturated heterocycles. The Morgan fingerprint density at radius 3 is 2.75 bits per heavy atom. The van der Waals surface area contributed by atoms with Crippen LogP contribution >= 0.6 is 0 Å². The van der Waals surface area contributed by atoms with Gasteiger partial charge in [0.1, 0.15) is 6.10 Å². The van der Waals surface area contributed by atoms with Gasteiger partial charge in [-0.2, -0.15) is 0 Å². The molecule has 1 aromatic carbocycles. The Morgan fingerprint density at radius 1 is 1.29 bits per heavy atom. The zero-order valence-corrected chi connectivity index (χ0v) is 16.8. The second kappa shape index (κ2) is 9.21. The zero-order valence-electron chi connectivity index (χ0n) is 16.8. The van der Waals surface area contributed by atoms with Gasteiger partial charge in [0.05, 0.1) is 17.3 Å². The van der Waals surface area contributed by atoms with Crippen LogP contribution in [0.15, 0.2) is 42.5 Å². The van der Waals surface area contributed by atoms with Gasteiger partial charge in [-0.15, -0.1) is 0 Å². The fourth-order valence-electron chi connectivity index (χ4n) is 4.35. The molecule has 0 bridgehead atoms. The maximum absolute atomic E-state index is 12.5. The molecule has 1 heterocycles. The summed E-state index contributed by atoms with van der Waals surface area (Å²) in [7, 11) is 0. The molecular weight excluding hydrogens is 356 g/mol. The lowest BCUT2D eigenvalue weighted by atomic mass is 9.89. The summed E-state index contributed by atoms with van der Waals surface area (Å²) in [5.74, 6) is -0.335. The highest BCUT2D eigenvalue weighted by molar-refractivity contribution is 5.89. The third-order valence-corrected chi connectivity index (χ3v) is 5.90. The summed E-state index contributed by atoms with van der Waals surface area (Å²) in [6.45, 7) is 3.96. The molecule has 0 spiro atoms. The van der Waals surface area contributed by atoms with E-state index in [-0.39, 0.29) is 30.0 Å². The number of benzene rings is 1. The maximum Gasteiger partial charge on any atom is 0.338 e. The molecule has 2 aliphatic rings. The van der Waals surface area contributed by atoms with Gasteiger partial charge in [-0.25, -0.2) is 4.79 Å². The molecule has 5 heteroatoms. The zero-order chi connectivity index (χ0) is 20.1. The first-order chi connectivity index (χ1) is 13.4. The Hall–Kier alpha value is -1.69. The van der Waals surface area contributed by atoms with Crippen LogP contribution in [0, 0.1) is 11.8 Å². The molecule has 5 nitrogen and oxygen atoms in total. The minimum Gasteiger partial charge on any atom is -0.458 e. The number of rotatable bonds is 8. The molecule has 1 saturated carbocycles. The lowest BCUT2D eigenvalue weighted by Crippen LogP contribution is -2.27. The van der Waals surface area contributed by atoms with Crippen molar-refractivity contribution in [1.29, 1.82) is 0 Å². The molecule has 2 fully saturated rings. The van der Waals surface area contributed by atoms with Crippen LogP contribution in [-0.4, -0.2) is 40.3 Å². The Balaban J connectivity index is 1.70. The molecule has 3 rings (SSSR count). The van der Waals surface area contributed by atoms with E-state index in [4.69, 9.17) is 9.47 Å². The summed E-state index contributed by atoms with van der Waals surface area (Å²) >= 11 is 0.